The second kappa shape index (κ2) is 32.3. The Balaban J connectivity index is 1.62. The summed E-state index contributed by atoms with van der Waals surface area (Å²) in [7, 11) is -2.68. The van der Waals surface area contributed by atoms with Gasteiger partial charge in [0.1, 0.15) is 29.6 Å². The molecule has 0 aliphatic heterocycles. The maximum absolute atomic E-state index is 12.7. The van der Waals surface area contributed by atoms with E-state index in [1.165, 1.54) is 74.5 Å². The second-order valence-corrected chi connectivity index (χ2v) is 17.8. The second-order valence-electron chi connectivity index (χ2n) is 16.4. The van der Waals surface area contributed by atoms with Gasteiger partial charge in [0.25, 0.3) is 0 Å². The number of rotatable bonds is 38. The summed E-state index contributed by atoms with van der Waals surface area (Å²) in [6.45, 7) is 10.6. The van der Waals surface area contributed by atoms with Crippen molar-refractivity contribution < 1.29 is 46.4 Å². The zero-order valence-electron chi connectivity index (χ0n) is 37.9. The number of hydrogen-bond donors (Lipinski definition) is 2. The number of phosphoric acid groups is 1. The summed E-state index contributed by atoms with van der Waals surface area (Å²) in [5, 5.41) is 2.83. The molecule has 2 atom stereocenters. The minimum absolute atomic E-state index is 0.0303. The highest BCUT2D eigenvalue weighted by Gasteiger charge is 2.26. The molecule has 0 saturated carbocycles. The molecule has 0 saturated heterocycles. The molecule has 2 N–H and O–H groups in total. The lowest BCUT2D eigenvalue weighted by Gasteiger charge is -2.20. The zero-order chi connectivity index (χ0) is 43.1. The van der Waals surface area contributed by atoms with Crippen molar-refractivity contribution in [3.63, 3.8) is 0 Å². The molecule has 2 aromatic rings. The normalized spacial score (nSPS) is 13.1. The van der Waals surface area contributed by atoms with Gasteiger partial charge in [-0.25, -0.2) is 4.57 Å². The van der Waals surface area contributed by atoms with Gasteiger partial charge in [-0.3, -0.25) is 18.6 Å². The van der Waals surface area contributed by atoms with Crippen LogP contribution in [0.1, 0.15) is 195 Å². The van der Waals surface area contributed by atoms with Crippen molar-refractivity contribution in [3.8, 4) is 0 Å². The van der Waals surface area contributed by atoms with Crippen LogP contribution in [0.5, 0.6) is 0 Å². The van der Waals surface area contributed by atoms with Crippen molar-refractivity contribution in [1.29, 1.82) is 0 Å². The van der Waals surface area contributed by atoms with Crippen molar-refractivity contribution in [2.45, 2.75) is 208 Å². The fraction of sp³-hybridized carbons (Fsp3) is 0.787. The predicted octanol–water partition coefficient (Wildman–Crippen LogP) is 12.1. The summed E-state index contributed by atoms with van der Waals surface area (Å²) < 4.78 is 45.7. The van der Waals surface area contributed by atoms with Crippen LogP contribution in [0, 0.1) is 20.8 Å². The fourth-order valence-corrected chi connectivity index (χ4v) is 7.97. The van der Waals surface area contributed by atoms with E-state index in [0.717, 1.165) is 107 Å². The van der Waals surface area contributed by atoms with Gasteiger partial charge in [-0.1, -0.05) is 104 Å². The predicted molar refractivity (Wildman–Crippen MR) is 236 cm³/mol. The number of carbonyl (C=O) groups is 2. The first-order valence-corrected chi connectivity index (χ1v) is 24.8. The van der Waals surface area contributed by atoms with E-state index < -0.39 is 32.5 Å². The smallest absolute Gasteiger partial charge is 0.466 e. The minimum Gasteiger partial charge on any atom is -0.466 e. The van der Waals surface area contributed by atoms with Crippen LogP contribution in [0.4, 0.5) is 0 Å². The Bertz CT molecular complexity index is 1450. The van der Waals surface area contributed by atoms with Crippen molar-refractivity contribution >= 4 is 19.8 Å². The molecule has 0 radical (unpaired) electrons. The molecule has 11 nitrogen and oxygen atoms in total. The van der Waals surface area contributed by atoms with Crippen LogP contribution in [-0.2, 0) is 58.4 Å². The van der Waals surface area contributed by atoms with Crippen molar-refractivity contribution in [2.75, 3.05) is 33.4 Å². The van der Waals surface area contributed by atoms with Crippen molar-refractivity contribution in [2.24, 2.45) is 0 Å². The molecule has 2 aromatic heterocycles. The van der Waals surface area contributed by atoms with Gasteiger partial charge in [0.15, 0.2) is 6.10 Å². The maximum Gasteiger partial charge on any atom is 0.472 e. The molecule has 0 spiro atoms. The molecule has 2 heterocycles. The molecule has 0 aliphatic carbocycles. The largest absolute Gasteiger partial charge is 0.472 e. The number of hydrogen-bond acceptors (Lipinski definition) is 10. The summed E-state index contributed by atoms with van der Waals surface area (Å²) in [4.78, 5) is 35.3. The van der Waals surface area contributed by atoms with Crippen molar-refractivity contribution in [3.05, 3.63) is 45.8 Å². The van der Waals surface area contributed by atoms with Crippen LogP contribution in [0.15, 0.2) is 14.9 Å². The van der Waals surface area contributed by atoms with Crippen LogP contribution < -0.4 is 5.32 Å². The fourth-order valence-electron chi connectivity index (χ4n) is 7.22. The molecule has 0 aromatic carbocycles. The Kier molecular flexibility index (Phi) is 28.9. The topological polar surface area (TPSA) is 147 Å². The van der Waals surface area contributed by atoms with Gasteiger partial charge in [-0.2, -0.15) is 0 Å². The number of carbonyl (C=O) groups excluding carboxylic acids is 2. The van der Waals surface area contributed by atoms with Gasteiger partial charge >= 0.3 is 19.8 Å². The molecule has 2 rings (SSSR count). The van der Waals surface area contributed by atoms with E-state index in [2.05, 4.69) is 46.0 Å². The Hall–Kier alpha value is -2.43. The number of ether oxygens (including phenoxy) is 2. The van der Waals surface area contributed by atoms with E-state index in [9.17, 15) is 19.0 Å². The highest BCUT2D eigenvalue weighted by atomic mass is 31.2. The standard InChI is InChI=1S/C47H82NO10P/c1-7-9-21-27-41-35-38(3)43(56-41)28-23-17-13-11-12-14-19-25-31-46(49)53-36-42(37-55-59(51,52)54-34-33-48-6)57-47(50)32-26-20-16-15-18-24-30-45-40(5)39(4)44(58-45)29-22-10-8-2/h35,42,48H,7-34,36-37H2,1-6H3,(H,51,52)/t42-/m1/s1. The molecule has 0 bridgehead atoms. The third kappa shape index (κ3) is 24.6. The van der Waals surface area contributed by atoms with Gasteiger partial charge in [0, 0.05) is 45.1 Å². The highest BCUT2D eigenvalue weighted by Crippen LogP contribution is 2.43. The third-order valence-electron chi connectivity index (χ3n) is 11.1. The van der Waals surface area contributed by atoms with E-state index in [-0.39, 0.29) is 26.1 Å². The van der Waals surface area contributed by atoms with Gasteiger partial charge < -0.3 is 28.5 Å². The lowest BCUT2D eigenvalue weighted by molar-refractivity contribution is -0.161. The first kappa shape index (κ1) is 52.7. The minimum atomic E-state index is -4.38. The quantitative estimate of drug-likeness (QED) is 0.0378. The lowest BCUT2D eigenvalue weighted by Crippen LogP contribution is -2.29. The van der Waals surface area contributed by atoms with Crippen molar-refractivity contribution in [1.82, 2.24) is 5.32 Å². The van der Waals surface area contributed by atoms with E-state index in [0.29, 0.717) is 19.4 Å². The van der Waals surface area contributed by atoms with Crippen LogP contribution in [0.25, 0.3) is 0 Å². The van der Waals surface area contributed by atoms with E-state index in [4.69, 9.17) is 27.4 Å². The Morgan fingerprint density at radius 2 is 1.14 bits per heavy atom. The number of phosphoric ester groups is 1. The Morgan fingerprint density at radius 1 is 0.644 bits per heavy atom. The van der Waals surface area contributed by atoms with Crippen LogP contribution in [0.2, 0.25) is 0 Å². The highest BCUT2D eigenvalue weighted by molar-refractivity contribution is 7.47. The SMILES string of the molecule is CCCCCc1cc(C)c(CCCCCCCCCCC(=O)OC[C@H](COP(=O)(O)OCCNC)OC(=O)CCCCCCCCc2oc(CCCCC)c(C)c2C)o1. The molecule has 0 aliphatic rings. The van der Waals surface area contributed by atoms with Gasteiger partial charge in [0.05, 0.1) is 13.2 Å². The van der Waals surface area contributed by atoms with E-state index >= 15 is 0 Å². The van der Waals surface area contributed by atoms with Crippen LogP contribution >= 0.6 is 7.82 Å². The molecule has 59 heavy (non-hydrogen) atoms. The molecular formula is C47H82NO10P. The summed E-state index contributed by atoms with van der Waals surface area (Å²) >= 11 is 0. The number of furan rings is 2. The monoisotopic (exact) mass is 852 g/mol. The zero-order valence-corrected chi connectivity index (χ0v) is 38.8. The summed E-state index contributed by atoms with van der Waals surface area (Å²) in [5.41, 5.74) is 3.88. The number of likely N-dealkylation sites (N-methyl/N-ethyl adjacent to an activating group) is 1. The molecule has 0 fully saturated rings. The van der Waals surface area contributed by atoms with E-state index in [1.807, 2.05) is 0 Å². The molecule has 0 amide bonds. The maximum atomic E-state index is 12.7. The Morgan fingerprint density at radius 3 is 1.69 bits per heavy atom. The molecule has 340 valence electrons. The van der Waals surface area contributed by atoms with Gasteiger partial charge in [-0.05, 0) is 89.1 Å². The number of unbranched alkanes of at least 4 members (excludes halogenated alkanes) is 16. The van der Waals surface area contributed by atoms with Crippen LogP contribution in [-0.4, -0.2) is 56.3 Å². The average molecular weight is 852 g/mol. The number of nitrogens with one attached hydrogen (secondary N) is 1. The molecule has 12 heteroatoms. The molecular weight excluding hydrogens is 769 g/mol. The first-order chi connectivity index (χ1) is 28.5. The first-order valence-electron chi connectivity index (χ1n) is 23.3. The average Bonchev–Trinajstić information content (AvgIpc) is 3.70. The summed E-state index contributed by atoms with van der Waals surface area (Å²) in [6.07, 6.45) is 25.1. The van der Waals surface area contributed by atoms with Crippen LogP contribution in [0.3, 0.4) is 0 Å². The van der Waals surface area contributed by atoms with E-state index in [1.54, 1.807) is 7.05 Å². The summed E-state index contributed by atoms with van der Waals surface area (Å²) in [5.74, 6) is 3.70. The lowest BCUT2D eigenvalue weighted by atomic mass is 10.0. The Labute approximate surface area is 357 Å². The van der Waals surface area contributed by atoms with Gasteiger partial charge in [0.2, 0.25) is 0 Å². The third-order valence-corrected chi connectivity index (χ3v) is 12.1. The number of aryl methyl sites for hydroxylation is 5. The number of esters is 2. The summed E-state index contributed by atoms with van der Waals surface area (Å²) in [6, 6.07) is 2.21. The van der Waals surface area contributed by atoms with Gasteiger partial charge in [-0.15, -0.1) is 0 Å². The molecule has 1 unspecified atom stereocenters.